The maximum atomic E-state index is 15.0. The van der Waals surface area contributed by atoms with Gasteiger partial charge in [0.2, 0.25) is 0 Å². The number of rotatable bonds is 6. The van der Waals surface area contributed by atoms with Crippen molar-refractivity contribution in [1.29, 1.82) is 0 Å². The van der Waals surface area contributed by atoms with E-state index in [0.717, 1.165) is 40.8 Å². The molecule has 1 N–H and O–H groups in total. The lowest BCUT2D eigenvalue weighted by Crippen LogP contribution is -2.30. The van der Waals surface area contributed by atoms with E-state index in [1.807, 2.05) is 20.8 Å². The van der Waals surface area contributed by atoms with Gasteiger partial charge in [-0.3, -0.25) is 14.5 Å². The molecule has 3 aromatic rings. The second kappa shape index (κ2) is 10.3. The normalized spacial score (nSPS) is 17.4. The lowest BCUT2D eigenvalue weighted by atomic mass is 9.93. The van der Waals surface area contributed by atoms with Gasteiger partial charge >= 0.3 is 6.18 Å². The van der Waals surface area contributed by atoms with E-state index in [1.54, 1.807) is 12.1 Å². The molecule has 3 aromatic carbocycles. The Morgan fingerprint density at radius 1 is 1.03 bits per heavy atom. The van der Waals surface area contributed by atoms with Gasteiger partial charge in [-0.25, -0.2) is 4.39 Å². The van der Waals surface area contributed by atoms with Crippen LogP contribution in [-0.4, -0.2) is 23.4 Å². The summed E-state index contributed by atoms with van der Waals surface area (Å²) in [6.07, 6.45) is -4.61. The van der Waals surface area contributed by atoms with Crippen LogP contribution in [0.15, 0.2) is 72.3 Å². The van der Waals surface area contributed by atoms with Crippen molar-refractivity contribution in [2.75, 3.05) is 11.5 Å². The third-order valence-corrected chi connectivity index (χ3v) is 6.32. The van der Waals surface area contributed by atoms with Crippen LogP contribution in [0.4, 0.5) is 23.2 Å². The van der Waals surface area contributed by atoms with Gasteiger partial charge in [0.1, 0.15) is 17.3 Å². The summed E-state index contributed by atoms with van der Waals surface area (Å²) in [5, 5.41) is 11.3. The number of hydrogen-bond donors (Lipinski definition) is 1. The minimum Gasteiger partial charge on any atom is -0.507 e. The van der Waals surface area contributed by atoms with Crippen LogP contribution in [0, 0.1) is 5.82 Å². The number of ketones is 1. The molecule has 1 aliphatic heterocycles. The summed E-state index contributed by atoms with van der Waals surface area (Å²) in [5.74, 6) is -2.89. The molecule has 198 valence electrons. The molecule has 0 aromatic heterocycles. The quantitative estimate of drug-likeness (QED) is 0.162. The average Bonchev–Trinajstić information content (AvgIpc) is 3.13. The van der Waals surface area contributed by atoms with Crippen LogP contribution in [0.5, 0.6) is 5.75 Å². The van der Waals surface area contributed by atoms with Gasteiger partial charge < -0.3 is 9.84 Å². The Bertz CT molecular complexity index is 1410. The Kier molecular flexibility index (Phi) is 7.31. The third-order valence-electron chi connectivity index (χ3n) is 6.32. The van der Waals surface area contributed by atoms with Crippen LogP contribution in [0.25, 0.3) is 5.76 Å². The van der Waals surface area contributed by atoms with Gasteiger partial charge in [-0.15, -0.1) is 0 Å². The maximum Gasteiger partial charge on any atom is 0.416 e. The number of amides is 1. The molecule has 0 saturated carbocycles. The smallest absolute Gasteiger partial charge is 0.416 e. The molecular formula is C29H25F4NO4. The Hall–Kier alpha value is -4.14. The number of carbonyl (C=O) groups excluding carboxylic acids is 2. The number of alkyl halides is 3. The second-order valence-corrected chi connectivity index (χ2v) is 9.08. The van der Waals surface area contributed by atoms with E-state index in [-0.39, 0.29) is 28.3 Å². The summed E-state index contributed by atoms with van der Waals surface area (Å²) in [5.41, 5.74) is -0.515. The minimum absolute atomic E-state index is 0.0128. The predicted molar refractivity (Wildman–Crippen MR) is 134 cm³/mol. The molecule has 1 amide bonds. The highest BCUT2D eigenvalue weighted by Crippen LogP contribution is 2.44. The fourth-order valence-electron chi connectivity index (χ4n) is 4.49. The monoisotopic (exact) mass is 527 g/mol. The lowest BCUT2D eigenvalue weighted by molar-refractivity contribution is -0.137. The van der Waals surface area contributed by atoms with Crippen LogP contribution < -0.4 is 9.64 Å². The van der Waals surface area contributed by atoms with E-state index in [0.29, 0.717) is 12.4 Å². The standard InChI is InChI=1S/C29H25F4NO4/c1-4-38-23-14-9-17(15-21(23)16(2)3)26(35)24-25(20-7-5-6-8-22(20)30)34(28(37)27(24)36)19-12-10-18(11-13-19)29(31,32)33/h5-16,25,35H,4H2,1-3H3/b26-24+. The highest BCUT2D eigenvalue weighted by Gasteiger charge is 2.48. The van der Waals surface area contributed by atoms with Crippen molar-refractivity contribution in [2.45, 2.75) is 38.9 Å². The Labute approximate surface area is 217 Å². The molecule has 0 radical (unpaired) electrons. The third kappa shape index (κ3) is 4.88. The Morgan fingerprint density at radius 3 is 2.26 bits per heavy atom. The van der Waals surface area contributed by atoms with Crippen LogP contribution in [0.3, 0.4) is 0 Å². The van der Waals surface area contributed by atoms with Gasteiger partial charge in [0.25, 0.3) is 11.7 Å². The number of hydrogen-bond acceptors (Lipinski definition) is 4. The number of aliphatic hydroxyl groups is 1. The van der Waals surface area contributed by atoms with Crippen LogP contribution in [-0.2, 0) is 15.8 Å². The number of benzene rings is 3. The van der Waals surface area contributed by atoms with Crippen LogP contribution in [0.2, 0.25) is 0 Å². The number of ether oxygens (including phenoxy) is 1. The molecule has 0 spiro atoms. The summed E-state index contributed by atoms with van der Waals surface area (Å²) in [4.78, 5) is 27.4. The number of carbonyl (C=O) groups is 2. The molecule has 1 aliphatic rings. The molecular weight excluding hydrogens is 502 g/mol. The fraction of sp³-hybridized carbons (Fsp3) is 0.241. The summed E-state index contributed by atoms with van der Waals surface area (Å²) in [6.45, 7) is 6.08. The largest absolute Gasteiger partial charge is 0.507 e. The lowest BCUT2D eigenvalue weighted by Gasteiger charge is -2.26. The molecule has 1 heterocycles. The van der Waals surface area contributed by atoms with Crippen molar-refractivity contribution >= 4 is 23.1 Å². The Morgan fingerprint density at radius 2 is 1.68 bits per heavy atom. The molecule has 0 aliphatic carbocycles. The topological polar surface area (TPSA) is 66.8 Å². The van der Waals surface area contributed by atoms with Gasteiger partial charge in [0.15, 0.2) is 0 Å². The minimum atomic E-state index is -4.61. The van der Waals surface area contributed by atoms with Crippen LogP contribution in [0.1, 0.15) is 55.0 Å². The maximum absolute atomic E-state index is 15.0. The van der Waals surface area contributed by atoms with E-state index in [1.165, 1.54) is 24.3 Å². The Balaban J connectivity index is 1.92. The van der Waals surface area contributed by atoms with Gasteiger partial charge in [-0.05, 0) is 66.9 Å². The molecule has 9 heteroatoms. The zero-order valence-corrected chi connectivity index (χ0v) is 20.8. The highest BCUT2D eigenvalue weighted by atomic mass is 19.4. The molecule has 1 atom stereocenters. The fourth-order valence-corrected chi connectivity index (χ4v) is 4.49. The average molecular weight is 528 g/mol. The van der Waals surface area contributed by atoms with Gasteiger partial charge in [-0.2, -0.15) is 13.2 Å². The zero-order valence-electron chi connectivity index (χ0n) is 20.8. The summed E-state index contributed by atoms with van der Waals surface area (Å²) < 4.78 is 60.0. The number of anilines is 1. The highest BCUT2D eigenvalue weighted by molar-refractivity contribution is 6.51. The van der Waals surface area contributed by atoms with Gasteiger partial charge in [-0.1, -0.05) is 32.0 Å². The SMILES string of the molecule is CCOc1ccc(/C(O)=C2\C(=O)C(=O)N(c3ccc(C(F)(F)F)cc3)C2c2ccccc2F)cc1C(C)C. The number of aliphatic hydroxyl groups excluding tert-OH is 1. The number of halogens is 4. The first kappa shape index (κ1) is 26.9. The van der Waals surface area contributed by atoms with Crippen LogP contribution >= 0.6 is 0 Å². The first-order valence-electron chi connectivity index (χ1n) is 12.0. The molecule has 4 rings (SSSR count). The predicted octanol–water partition coefficient (Wildman–Crippen LogP) is 6.99. The molecule has 5 nitrogen and oxygen atoms in total. The molecule has 1 unspecified atom stereocenters. The van der Waals surface area contributed by atoms with Crippen molar-refractivity contribution in [3.8, 4) is 5.75 Å². The molecule has 1 saturated heterocycles. The molecule has 1 fully saturated rings. The van der Waals surface area contributed by atoms with E-state index < -0.39 is 41.0 Å². The number of nitrogens with zero attached hydrogens (tertiary/aromatic N) is 1. The first-order valence-corrected chi connectivity index (χ1v) is 12.0. The second-order valence-electron chi connectivity index (χ2n) is 9.08. The number of Topliss-reactive ketones (excluding diaryl/α,β-unsaturated/α-hetero) is 1. The van der Waals surface area contributed by atoms with Crippen molar-refractivity contribution in [1.82, 2.24) is 0 Å². The van der Waals surface area contributed by atoms with E-state index in [4.69, 9.17) is 4.74 Å². The first-order chi connectivity index (χ1) is 18.0. The van der Waals surface area contributed by atoms with Crippen molar-refractivity contribution in [2.24, 2.45) is 0 Å². The summed E-state index contributed by atoms with van der Waals surface area (Å²) in [7, 11) is 0. The van der Waals surface area contributed by atoms with Crippen molar-refractivity contribution in [3.63, 3.8) is 0 Å². The molecule has 0 bridgehead atoms. The van der Waals surface area contributed by atoms with Gasteiger partial charge in [0.05, 0.1) is 23.8 Å². The molecule has 38 heavy (non-hydrogen) atoms. The van der Waals surface area contributed by atoms with Crippen molar-refractivity contribution < 1.29 is 37.0 Å². The van der Waals surface area contributed by atoms with E-state index in [2.05, 4.69) is 0 Å². The zero-order chi connectivity index (χ0) is 27.8. The summed E-state index contributed by atoms with van der Waals surface area (Å²) in [6, 6.07) is 12.4. The van der Waals surface area contributed by atoms with Gasteiger partial charge in [0, 0.05) is 16.8 Å². The van der Waals surface area contributed by atoms with Crippen molar-refractivity contribution in [3.05, 3.63) is 100 Å². The van der Waals surface area contributed by atoms with E-state index >= 15 is 4.39 Å². The van der Waals surface area contributed by atoms with E-state index in [9.17, 15) is 27.9 Å². The summed E-state index contributed by atoms with van der Waals surface area (Å²) >= 11 is 0.